The summed E-state index contributed by atoms with van der Waals surface area (Å²) in [4.78, 5) is 27.3. The largest absolute Gasteiger partial charge is 0.343 e. The fraction of sp³-hybridized carbons (Fsp3) is 0.125. The SMILES string of the molecule is Cc1ccc(C(=O)NCC(=O)N/N=C/c2ccncc2)cc1. The first-order valence-corrected chi connectivity index (χ1v) is 6.72. The van der Waals surface area contributed by atoms with Crippen molar-refractivity contribution >= 4 is 18.0 Å². The fourth-order valence-electron chi connectivity index (χ4n) is 1.64. The van der Waals surface area contributed by atoms with Gasteiger partial charge in [-0.05, 0) is 36.8 Å². The molecule has 0 fully saturated rings. The number of rotatable bonds is 5. The molecule has 0 radical (unpaired) electrons. The third kappa shape index (κ3) is 4.82. The molecule has 112 valence electrons. The Labute approximate surface area is 128 Å². The molecule has 0 aliphatic heterocycles. The zero-order valence-electron chi connectivity index (χ0n) is 12.1. The molecule has 0 saturated heterocycles. The van der Waals surface area contributed by atoms with E-state index in [1.165, 1.54) is 6.21 Å². The second kappa shape index (κ2) is 7.68. The predicted molar refractivity (Wildman–Crippen MR) is 83.5 cm³/mol. The Bertz CT molecular complexity index is 666. The number of hydrazone groups is 1. The summed E-state index contributed by atoms with van der Waals surface area (Å²) in [5, 5.41) is 6.33. The number of benzene rings is 1. The minimum absolute atomic E-state index is 0.138. The Morgan fingerprint density at radius 1 is 1.14 bits per heavy atom. The van der Waals surface area contributed by atoms with Crippen molar-refractivity contribution in [1.29, 1.82) is 0 Å². The number of carbonyl (C=O) groups is 2. The van der Waals surface area contributed by atoms with Gasteiger partial charge in [-0.25, -0.2) is 5.43 Å². The molecule has 2 amide bonds. The van der Waals surface area contributed by atoms with E-state index in [1.54, 1.807) is 36.7 Å². The first kappa shape index (κ1) is 15.4. The van der Waals surface area contributed by atoms with Gasteiger partial charge in [0.1, 0.15) is 0 Å². The highest BCUT2D eigenvalue weighted by Gasteiger charge is 2.06. The van der Waals surface area contributed by atoms with Crippen LogP contribution in [0.25, 0.3) is 0 Å². The molecule has 0 unspecified atom stereocenters. The van der Waals surface area contributed by atoms with Gasteiger partial charge in [-0.1, -0.05) is 17.7 Å². The summed E-state index contributed by atoms with van der Waals surface area (Å²) in [6.07, 6.45) is 4.76. The van der Waals surface area contributed by atoms with Crippen LogP contribution in [0, 0.1) is 6.92 Å². The first-order chi connectivity index (χ1) is 10.6. The molecule has 0 aliphatic rings. The molecule has 6 heteroatoms. The van der Waals surface area contributed by atoms with Crippen LogP contribution in [-0.2, 0) is 4.79 Å². The van der Waals surface area contributed by atoms with Crippen molar-refractivity contribution in [2.75, 3.05) is 6.54 Å². The van der Waals surface area contributed by atoms with Crippen molar-refractivity contribution in [1.82, 2.24) is 15.7 Å². The van der Waals surface area contributed by atoms with Gasteiger partial charge in [0, 0.05) is 18.0 Å². The molecule has 1 heterocycles. The lowest BCUT2D eigenvalue weighted by Crippen LogP contribution is -2.34. The van der Waals surface area contributed by atoms with E-state index in [4.69, 9.17) is 0 Å². The monoisotopic (exact) mass is 296 g/mol. The third-order valence-electron chi connectivity index (χ3n) is 2.83. The van der Waals surface area contributed by atoms with Crippen LogP contribution in [0.5, 0.6) is 0 Å². The molecule has 0 bridgehead atoms. The lowest BCUT2D eigenvalue weighted by atomic mass is 10.1. The van der Waals surface area contributed by atoms with Gasteiger partial charge < -0.3 is 5.32 Å². The van der Waals surface area contributed by atoms with Gasteiger partial charge >= 0.3 is 0 Å². The summed E-state index contributed by atoms with van der Waals surface area (Å²) in [6.45, 7) is 1.80. The number of hydrogen-bond donors (Lipinski definition) is 2. The zero-order valence-corrected chi connectivity index (χ0v) is 12.1. The highest BCUT2D eigenvalue weighted by molar-refractivity contribution is 5.96. The number of nitrogens with one attached hydrogen (secondary N) is 2. The molecule has 0 atom stereocenters. The standard InChI is InChI=1S/C16H16N4O2/c1-12-2-4-14(5-3-12)16(22)18-11-15(21)20-19-10-13-6-8-17-9-7-13/h2-10H,11H2,1H3,(H,18,22)(H,20,21)/b19-10+. The molecule has 1 aromatic heterocycles. The Hall–Kier alpha value is -3.02. The van der Waals surface area contributed by atoms with Crippen molar-refractivity contribution in [3.63, 3.8) is 0 Å². The number of aromatic nitrogens is 1. The maximum Gasteiger partial charge on any atom is 0.259 e. The number of carbonyl (C=O) groups excluding carboxylic acids is 2. The molecule has 6 nitrogen and oxygen atoms in total. The number of nitrogens with zero attached hydrogens (tertiary/aromatic N) is 2. The normalized spacial score (nSPS) is 10.4. The van der Waals surface area contributed by atoms with E-state index < -0.39 is 5.91 Å². The van der Waals surface area contributed by atoms with Crippen LogP contribution in [0.15, 0.2) is 53.9 Å². The van der Waals surface area contributed by atoms with Gasteiger partial charge in [-0.15, -0.1) is 0 Å². The van der Waals surface area contributed by atoms with Gasteiger partial charge in [0.15, 0.2) is 0 Å². The Balaban J connectivity index is 1.77. The van der Waals surface area contributed by atoms with Crippen LogP contribution in [0.4, 0.5) is 0 Å². The van der Waals surface area contributed by atoms with E-state index >= 15 is 0 Å². The van der Waals surface area contributed by atoms with Gasteiger partial charge in [-0.2, -0.15) is 5.10 Å². The smallest absolute Gasteiger partial charge is 0.259 e. The number of pyridine rings is 1. The molecule has 2 aromatic rings. The van der Waals surface area contributed by atoms with Gasteiger partial charge in [0.25, 0.3) is 11.8 Å². The van der Waals surface area contributed by atoms with Crippen molar-refractivity contribution in [2.45, 2.75) is 6.92 Å². The summed E-state index contributed by atoms with van der Waals surface area (Å²) < 4.78 is 0. The maximum absolute atomic E-state index is 11.8. The molecule has 0 aliphatic carbocycles. The number of amides is 2. The van der Waals surface area contributed by atoms with Crippen molar-refractivity contribution < 1.29 is 9.59 Å². The number of hydrogen-bond acceptors (Lipinski definition) is 4. The van der Waals surface area contributed by atoms with Crippen molar-refractivity contribution in [2.24, 2.45) is 5.10 Å². The van der Waals surface area contributed by atoms with Crippen molar-refractivity contribution in [3.8, 4) is 0 Å². The Morgan fingerprint density at radius 2 is 1.82 bits per heavy atom. The first-order valence-electron chi connectivity index (χ1n) is 6.72. The minimum Gasteiger partial charge on any atom is -0.343 e. The van der Waals surface area contributed by atoms with E-state index in [9.17, 15) is 9.59 Å². The lowest BCUT2D eigenvalue weighted by Gasteiger charge is -2.04. The van der Waals surface area contributed by atoms with Crippen LogP contribution in [0.2, 0.25) is 0 Å². The molecule has 22 heavy (non-hydrogen) atoms. The van der Waals surface area contributed by atoms with Crippen molar-refractivity contribution in [3.05, 3.63) is 65.5 Å². The van der Waals surface area contributed by atoms with Gasteiger partial charge in [0.05, 0.1) is 12.8 Å². The summed E-state index contributed by atoms with van der Waals surface area (Å²) in [7, 11) is 0. The lowest BCUT2D eigenvalue weighted by molar-refractivity contribution is -0.120. The minimum atomic E-state index is -0.397. The predicted octanol–water partition coefficient (Wildman–Crippen LogP) is 1.27. The van der Waals surface area contributed by atoms with Crippen LogP contribution >= 0.6 is 0 Å². The van der Waals surface area contributed by atoms with Crippen LogP contribution < -0.4 is 10.7 Å². The molecule has 1 aromatic carbocycles. The second-order valence-electron chi connectivity index (χ2n) is 4.62. The van der Waals surface area contributed by atoms with Crippen LogP contribution in [0.1, 0.15) is 21.5 Å². The fourth-order valence-corrected chi connectivity index (χ4v) is 1.64. The summed E-state index contributed by atoms with van der Waals surface area (Å²) >= 11 is 0. The Morgan fingerprint density at radius 3 is 2.50 bits per heavy atom. The molecule has 0 saturated carbocycles. The quantitative estimate of drug-likeness (QED) is 0.644. The number of aryl methyl sites for hydroxylation is 1. The topological polar surface area (TPSA) is 83.5 Å². The Kier molecular flexibility index (Phi) is 5.37. The molecular weight excluding hydrogens is 280 g/mol. The van der Waals surface area contributed by atoms with E-state index in [0.717, 1.165) is 11.1 Å². The molecule has 0 spiro atoms. The van der Waals surface area contributed by atoms with Crippen LogP contribution in [-0.4, -0.2) is 29.6 Å². The van der Waals surface area contributed by atoms with Gasteiger partial charge in [-0.3, -0.25) is 14.6 Å². The summed E-state index contributed by atoms with van der Waals surface area (Å²) in [5.74, 6) is -0.695. The molecule has 2 N–H and O–H groups in total. The maximum atomic E-state index is 11.8. The summed E-state index contributed by atoms with van der Waals surface area (Å²) in [6, 6.07) is 10.6. The third-order valence-corrected chi connectivity index (χ3v) is 2.83. The average Bonchev–Trinajstić information content (AvgIpc) is 2.54. The highest BCUT2D eigenvalue weighted by atomic mass is 16.2. The van der Waals surface area contributed by atoms with E-state index in [1.807, 2.05) is 19.1 Å². The summed E-state index contributed by atoms with van der Waals surface area (Å²) in [5.41, 5.74) is 4.74. The van der Waals surface area contributed by atoms with E-state index in [2.05, 4.69) is 20.8 Å². The van der Waals surface area contributed by atoms with Crippen LogP contribution in [0.3, 0.4) is 0 Å². The highest BCUT2D eigenvalue weighted by Crippen LogP contribution is 2.02. The molecular formula is C16H16N4O2. The van der Waals surface area contributed by atoms with Gasteiger partial charge in [0.2, 0.25) is 0 Å². The molecule has 2 rings (SSSR count). The zero-order chi connectivity index (χ0) is 15.8. The van der Waals surface area contributed by atoms with E-state index in [0.29, 0.717) is 5.56 Å². The van der Waals surface area contributed by atoms with E-state index in [-0.39, 0.29) is 12.5 Å². The second-order valence-corrected chi connectivity index (χ2v) is 4.62. The average molecular weight is 296 g/mol.